The van der Waals surface area contributed by atoms with Gasteiger partial charge in [0.05, 0.1) is 24.3 Å². The van der Waals surface area contributed by atoms with Crippen LogP contribution >= 0.6 is 0 Å². The standard InChI is InChI=1S/C26H31N3O6S.C2H6/c1-16-8-10-18(11-9-16)23-22(25(31)27-2)20-15-19(17-12-13-17)24(28-26(20)35-23)29(36(4,32)33)14-6-5-7-21(30)34-3;1-2/h8-11,15,17H,5-7,12-14H2,1-4H3,(H,27,31);1-2H3. The molecule has 3 aromatic rings. The Labute approximate surface area is 224 Å². The number of ether oxygens (including phenoxy) is 1. The molecule has 1 fully saturated rings. The highest BCUT2D eigenvalue weighted by Crippen LogP contribution is 2.46. The summed E-state index contributed by atoms with van der Waals surface area (Å²) in [6.45, 7) is 6.14. The average molecular weight is 544 g/mol. The number of hydrogen-bond acceptors (Lipinski definition) is 7. The first-order valence-electron chi connectivity index (χ1n) is 12.9. The summed E-state index contributed by atoms with van der Waals surface area (Å²) in [5, 5.41) is 3.24. The van der Waals surface area contributed by atoms with Gasteiger partial charge in [0, 0.05) is 25.6 Å². The van der Waals surface area contributed by atoms with Crippen LogP contribution in [-0.4, -0.2) is 52.2 Å². The number of esters is 1. The van der Waals surface area contributed by atoms with Gasteiger partial charge < -0.3 is 14.5 Å². The van der Waals surface area contributed by atoms with Gasteiger partial charge in [0.1, 0.15) is 11.6 Å². The van der Waals surface area contributed by atoms with Crippen LogP contribution in [0.4, 0.5) is 5.82 Å². The maximum absolute atomic E-state index is 12.9. The van der Waals surface area contributed by atoms with Gasteiger partial charge in [0.25, 0.3) is 5.91 Å². The summed E-state index contributed by atoms with van der Waals surface area (Å²) in [7, 11) is -0.783. The smallest absolute Gasteiger partial charge is 0.305 e. The number of sulfonamides is 1. The van der Waals surface area contributed by atoms with E-state index < -0.39 is 10.0 Å². The monoisotopic (exact) mass is 543 g/mol. The van der Waals surface area contributed by atoms with Crippen molar-refractivity contribution in [3.8, 4) is 11.3 Å². The van der Waals surface area contributed by atoms with Crippen LogP contribution in [0.2, 0.25) is 0 Å². The zero-order valence-electron chi connectivity index (χ0n) is 23.0. The van der Waals surface area contributed by atoms with Gasteiger partial charge >= 0.3 is 5.97 Å². The topological polar surface area (TPSA) is 119 Å². The number of carbonyl (C=O) groups is 2. The predicted octanol–water partition coefficient (Wildman–Crippen LogP) is 5.18. The van der Waals surface area contributed by atoms with Crippen molar-refractivity contribution >= 4 is 38.8 Å². The number of pyridine rings is 1. The van der Waals surface area contributed by atoms with E-state index in [4.69, 9.17) is 4.42 Å². The SMILES string of the molecule is CC.CNC(=O)c1c(-c2ccc(C)cc2)oc2nc(N(CCCCC(=O)OC)S(C)(=O)=O)c(C3CC3)cc12. The van der Waals surface area contributed by atoms with Gasteiger partial charge in [-0.2, -0.15) is 4.98 Å². The maximum Gasteiger partial charge on any atom is 0.305 e. The Bertz CT molecular complexity index is 1390. The molecule has 1 saturated carbocycles. The van der Waals surface area contributed by atoms with Crippen LogP contribution in [0.5, 0.6) is 0 Å². The second-order valence-electron chi connectivity index (χ2n) is 9.15. The number of aromatic nitrogens is 1. The molecule has 0 atom stereocenters. The molecule has 0 radical (unpaired) electrons. The summed E-state index contributed by atoms with van der Waals surface area (Å²) in [5.74, 6) is 0.230. The summed E-state index contributed by atoms with van der Waals surface area (Å²) in [5.41, 5.74) is 3.16. The van der Waals surface area contributed by atoms with Crippen LogP contribution in [0, 0.1) is 6.92 Å². The molecule has 4 rings (SSSR count). The number of fused-ring (bicyclic) bond motifs is 1. The van der Waals surface area contributed by atoms with E-state index in [2.05, 4.69) is 15.0 Å². The second kappa shape index (κ2) is 12.4. The molecular formula is C28H37N3O6S. The van der Waals surface area contributed by atoms with Gasteiger partial charge in [-0.1, -0.05) is 43.7 Å². The van der Waals surface area contributed by atoms with Crippen molar-refractivity contribution in [3.05, 3.63) is 47.0 Å². The van der Waals surface area contributed by atoms with E-state index in [0.717, 1.165) is 35.8 Å². The van der Waals surface area contributed by atoms with E-state index in [1.807, 2.05) is 51.1 Å². The first-order valence-corrected chi connectivity index (χ1v) is 14.8. The second-order valence-corrected chi connectivity index (χ2v) is 11.1. The minimum absolute atomic E-state index is 0.159. The van der Waals surface area contributed by atoms with Crippen LogP contribution in [-0.2, 0) is 19.6 Å². The lowest BCUT2D eigenvalue weighted by Crippen LogP contribution is -2.32. The van der Waals surface area contributed by atoms with Gasteiger partial charge in [-0.05, 0) is 50.2 Å². The number of benzene rings is 1. The van der Waals surface area contributed by atoms with Crippen molar-refractivity contribution in [1.82, 2.24) is 10.3 Å². The van der Waals surface area contributed by atoms with Crippen molar-refractivity contribution < 1.29 is 27.2 Å². The molecule has 0 saturated heterocycles. The number of methoxy groups -OCH3 is 1. The molecule has 0 unspecified atom stereocenters. The molecule has 1 aliphatic carbocycles. The van der Waals surface area contributed by atoms with E-state index in [0.29, 0.717) is 35.4 Å². The lowest BCUT2D eigenvalue weighted by atomic mass is 10.0. The number of nitrogens with zero attached hydrogens (tertiary/aromatic N) is 2. The minimum atomic E-state index is -3.67. The summed E-state index contributed by atoms with van der Waals surface area (Å²) in [6, 6.07) is 9.49. The molecule has 1 aromatic carbocycles. The Balaban J connectivity index is 0.00000195. The van der Waals surface area contributed by atoms with Crippen LogP contribution < -0.4 is 9.62 Å². The van der Waals surface area contributed by atoms with Crippen molar-refractivity contribution in [3.63, 3.8) is 0 Å². The number of carbonyl (C=O) groups excluding carboxylic acids is 2. The predicted molar refractivity (Wildman–Crippen MR) is 149 cm³/mol. The van der Waals surface area contributed by atoms with Crippen molar-refractivity contribution in [2.24, 2.45) is 0 Å². The van der Waals surface area contributed by atoms with Gasteiger partial charge in [-0.25, -0.2) is 8.42 Å². The minimum Gasteiger partial charge on any atom is -0.469 e. The normalized spacial score (nSPS) is 13.0. The van der Waals surface area contributed by atoms with Gasteiger partial charge in [-0.3, -0.25) is 13.9 Å². The van der Waals surface area contributed by atoms with Crippen molar-refractivity contribution in [2.75, 3.05) is 31.3 Å². The molecule has 0 aliphatic heterocycles. The quantitative estimate of drug-likeness (QED) is 0.277. The van der Waals surface area contributed by atoms with E-state index >= 15 is 0 Å². The third-order valence-corrected chi connectivity index (χ3v) is 7.49. The number of unbranched alkanes of at least 4 members (excludes halogenated alkanes) is 1. The van der Waals surface area contributed by atoms with Crippen LogP contribution in [0.15, 0.2) is 34.7 Å². The third-order valence-electron chi connectivity index (χ3n) is 6.33. The number of furan rings is 1. The van der Waals surface area contributed by atoms with Crippen LogP contribution in [0.1, 0.15) is 73.4 Å². The number of hydrogen-bond donors (Lipinski definition) is 1. The first-order chi connectivity index (χ1) is 18.1. The Hall–Kier alpha value is -3.40. The molecular weight excluding hydrogens is 506 g/mol. The Kier molecular flexibility index (Phi) is 9.54. The average Bonchev–Trinajstić information content (AvgIpc) is 3.68. The lowest BCUT2D eigenvalue weighted by Gasteiger charge is -2.23. The first kappa shape index (κ1) is 29.2. The fourth-order valence-electron chi connectivity index (χ4n) is 4.24. The Morgan fingerprint density at radius 1 is 1.16 bits per heavy atom. The fourth-order valence-corrected chi connectivity index (χ4v) is 5.16. The highest BCUT2D eigenvalue weighted by Gasteiger charge is 2.34. The zero-order chi connectivity index (χ0) is 28.0. The van der Waals surface area contributed by atoms with Crippen LogP contribution in [0.3, 0.4) is 0 Å². The molecule has 1 amide bonds. The summed E-state index contributed by atoms with van der Waals surface area (Å²) < 4.78 is 37.7. The number of anilines is 1. The van der Waals surface area contributed by atoms with E-state index in [1.165, 1.54) is 11.4 Å². The molecule has 2 heterocycles. The molecule has 38 heavy (non-hydrogen) atoms. The summed E-state index contributed by atoms with van der Waals surface area (Å²) in [4.78, 5) is 29.1. The molecule has 10 heteroatoms. The summed E-state index contributed by atoms with van der Waals surface area (Å²) >= 11 is 0. The molecule has 2 aromatic heterocycles. The number of aryl methyl sites for hydroxylation is 1. The number of nitrogens with one attached hydrogen (secondary N) is 1. The molecule has 206 valence electrons. The van der Waals surface area contributed by atoms with Gasteiger partial charge in [0.15, 0.2) is 0 Å². The molecule has 9 nitrogen and oxygen atoms in total. The Morgan fingerprint density at radius 3 is 2.37 bits per heavy atom. The van der Waals surface area contributed by atoms with Crippen molar-refractivity contribution in [1.29, 1.82) is 0 Å². The molecule has 1 N–H and O–H groups in total. The van der Waals surface area contributed by atoms with Crippen LogP contribution in [0.25, 0.3) is 22.4 Å². The van der Waals surface area contributed by atoms with E-state index in [1.54, 1.807) is 7.05 Å². The molecule has 1 aliphatic rings. The third kappa shape index (κ3) is 6.53. The van der Waals surface area contributed by atoms with E-state index in [-0.39, 0.29) is 36.5 Å². The number of amides is 1. The van der Waals surface area contributed by atoms with Crippen molar-refractivity contribution in [2.45, 2.75) is 58.8 Å². The fraction of sp³-hybridized carbons (Fsp3) is 0.464. The maximum atomic E-state index is 12.9. The number of rotatable bonds is 10. The van der Waals surface area contributed by atoms with Gasteiger partial charge in [-0.15, -0.1) is 0 Å². The highest BCUT2D eigenvalue weighted by atomic mass is 32.2. The van der Waals surface area contributed by atoms with E-state index in [9.17, 15) is 18.0 Å². The zero-order valence-corrected chi connectivity index (χ0v) is 23.8. The van der Waals surface area contributed by atoms with Gasteiger partial charge in [0.2, 0.25) is 15.7 Å². The lowest BCUT2D eigenvalue weighted by molar-refractivity contribution is -0.140. The molecule has 0 bridgehead atoms. The largest absolute Gasteiger partial charge is 0.469 e. The summed E-state index contributed by atoms with van der Waals surface area (Å²) in [6.07, 6.45) is 4.13. The Morgan fingerprint density at radius 2 is 1.82 bits per heavy atom. The molecule has 0 spiro atoms. The highest BCUT2D eigenvalue weighted by molar-refractivity contribution is 7.92.